The zero-order chi connectivity index (χ0) is 23.5. The molecule has 3 heterocycles. The van der Waals surface area contributed by atoms with Gasteiger partial charge in [-0.05, 0) is 74.8 Å². The Kier molecular flexibility index (Phi) is 7.33. The van der Waals surface area contributed by atoms with Crippen molar-refractivity contribution < 1.29 is 9.90 Å². The number of carbonyl (C=O) groups excluding carboxylic acids is 1. The monoisotopic (exact) mass is 479 g/mol. The second kappa shape index (κ2) is 10.6. The predicted molar refractivity (Wildman–Crippen MR) is 139 cm³/mol. The number of fused-ring (bicyclic) bond motifs is 1. The summed E-state index contributed by atoms with van der Waals surface area (Å²) >= 11 is 6.67. The van der Waals surface area contributed by atoms with Crippen LogP contribution in [0.2, 0.25) is 5.02 Å². The summed E-state index contributed by atoms with van der Waals surface area (Å²) in [7, 11) is 0. The second-order valence-electron chi connectivity index (χ2n) is 9.96. The topological polar surface area (TPSA) is 56.1 Å². The Morgan fingerprint density at radius 1 is 1.03 bits per heavy atom. The van der Waals surface area contributed by atoms with Crippen molar-refractivity contribution in [3.8, 4) is 0 Å². The van der Waals surface area contributed by atoms with Gasteiger partial charge in [0.25, 0.3) is 0 Å². The molecule has 2 aromatic rings. The van der Waals surface area contributed by atoms with E-state index in [1.165, 1.54) is 5.56 Å². The zero-order valence-electron chi connectivity index (χ0n) is 19.8. The van der Waals surface area contributed by atoms with Crippen molar-refractivity contribution in [2.24, 2.45) is 10.9 Å². The average Bonchev–Trinajstić information content (AvgIpc) is 3.08. The molecular weight excluding hydrogens is 446 g/mol. The fourth-order valence-corrected chi connectivity index (χ4v) is 5.73. The summed E-state index contributed by atoms with van der Waals surface area (Å²) < 4.78 is 0. The quantitative estimate of drug-likeness (QED) is 0.652. The van der Waals surface area contributed by atoms with Crippen molar-refractivity contribution in [1.82, 2.24) is 4.90 Å². The number of rotatable bonds is 5. The van der Waals surface area contributed by atoms with Gasteiger partial charge >= 0.3 is 0 Å². The van der Waals surface area contributed by atoms with Crippen LogP contribution in [0.3, 0.4) is 0 Å². The molecular formula is C28H34ClN3O2. The summed E-state index contributed by atoms with van der Waals surface area (Å²) in [6.45, 7) is 3.85. The lowest BCUT2D eigenvalue weighted by atomic mass is 9.92. The van der Waals surface area contributed by atoms with E-state index in [1.807, 2.05) is 12.1 Å². The average molecular weight is 480 g/mol. The van der Waals surface area contributed by atoms with Gasteiger partial charge in [0.15, 0.2) is 5.78 Å². The van der Waals surface area contributed by atoms with Crippen molar-refractivity contribution in [1.29, 1.82) is 0 Å². The van der Waals surface area contributed by atoms with Crippen LogP contribution in [0, 0.1) is 5.92 Å². The third-order valence-electron chi connectivity index (χ3n) is 7.55. The molecule has 2 saturated heterocycles. The number of benzene rings is 2. The molecule has 0 bridgehead atoms. The molecule has 1 N–H and O–H groups in total. The van der Waals surface area contributed by atoms with Gasteiger partial charge in [-0.15, -0.1) is 0 Å². The number of carbonyl (C=O) groups is 1. The van der Waals surface area contributed by atoms with Gasteiger partial charge in [0.2, 0.25) is 0 Å². The molecule has 3 aliphatic rings. The van der Waals surface area contributed by atoms with Crippen LogP contribution in [-0.2, 0) is 11.2 Å². The first kappa shape index (κ1) is 23.5. The van der Waals surface area contributed by atoms with Crippen LogP contribution in [-0.4, -0.2) is 60.3 Å². The van der Waals surface area contributed by atoms with Gasteiger partial charge in [0, 0.05) is 54.1 Å². The summed E-state index contributed by atoms with van der Waals surface area (Å²) in [4.78, 5) is 22.6. The van der Waals surface area contributed by atoms with E-state index in [2.05, 4.69) is 40.1 Å². The molecule has 34 heavy (non-hydrogen) atoms. The molecule has 0 spiro atoms. The molecule has 0 amide bonds. The number of likely N-dealkylation sites (tertiary alicyclic amines) is 1. The maximum Gasteiger partial charge on any atom is 0.151 e. The van der Waals surface area contributed by atoms with E-state index in [9.17, 15) is 9.90 Å². The molecule has 0 aromatic heterocycles. The minimum Gasteiger partial charge on any atom is -0.393 e. The smallest absolute Gasteiger partial charge is 0.151 e. The number of anilines is 1. The fourth-order valence-electron chi connectivity index (χ4n) is 5.51. The Labute approximate surface area is 207 Å². The minimum atomic E-state index is -0.206. The molecule has 2 fully saturated rings. The first-order valence-electron chi connectivity index (χ1n) is 12.7. The predicted octanol–water partition coefficient (Wildman–Crippen LogP) is 5.04. The standard InChI is InChI=1S/C28H34ClN3O2/c29-25-11-10-22(17-24(25)27-9-3-6-20-5-1-2-8-26(20)30-27)32-14-4-7-21(18-32)28(34)19-31-15-12-23(33)13-16-31/h1-2,5,8,10-11,17,21,23,33H,3-4,6-7,9,12-16,18-19H2/t21-/m0/s1. The van der Waals surface area contributed by atoms with E-state index in [1.54, 1.807) is 0 Å². The van der Waals surface area contributed by atoms with Gasteiger partial charge in [-0.2, -0.15) is 0 Å². The molecule has 3 aliphatic heterocycles. The summed E-state index contributed by atoms with van der Waals surface area (Å²) in [6.07, 6.45) is 6.30. The molecule has 180 valence electrons. The number of aryl methyl sites for hydroxylation is 1. The molecule has 0 radical (unpaired) electrons. The molecule has 5 rings (SSSR count). The molecule has 0 unspecified atom stereocenters. The maximum absolute atomic E-state index is 13.1. The molecule has 6 heteroatoms. The first-order chi connectivity index (χ1) is 16.6. The van der Waals surface area contributed by atoms with Crippen LogP contribution in [0.4, 0.5) is 11.4 Å². The number of aliphatic hydroxyl groups is 1. The Bertz CT molecular complexity index is 1060. The lowest BCUT2D eigenvalue weighted by molar-refractivity contribution is -0.124. The van der Waals surface area contributed by atoms with Crippen LogP contribution >= 0.6 is 11.6 Å². The number of para-hydroxylation sites is 1. The Morgan fingerprint density at radius 2 is 1.85 bits per heavy atom. The summed E-state index contributed by atoms with van der Waals surface area (Å²) in [5, 5.41) is 10.5. The highest BCUT2D eigenvalue weighted by Gasteiger charge is 2.28. The van der Waals surface area contributed by atoms with E-state index in [0.29, 0.717) is 12.3 Å². The minimum absolute atomic E-state index is 0.0572. The molecule has 0 aliphatic carbocycles. The van der Waals surface area contributed by atoms with E-state index in [4.69, 9.17) is 16.6 Å². The highest BCUT2D eigenvalue weighted by molar-refractivity contribution is 6.34. The van der Waals surface area contributed by atoms with Gasteiger partial charge in [0.05, 0.1) is 18.3 Å². The number of aliphatic hydroxyl groups excluding tert-OH is 1. The van der Waals surface area contributed by atoms with E-state index in [0.717, 1.165) is 98.8 Å². The number of nitrogens with zero attached hydrogens (tertiary/aromatic N) is 3. The van der Waals surface area contributed by atoms with Crippen LogP contribution < -0.4 is 4.90 Å². The van der Waals surface area contributed by atoms with Crippen LogP contribution in [0.5, 0.6) is 0 Å². The van der Waals surface area contributed by atoms with E-state index in [-0.39, 0.29) is 12.0 Å². The van der Waals surface area contributed by atoms with Gasteiger partial charge in [0.1, 0.15) is 0 Å². The van der Waals surface area contributed by atoms with Crippen LogP contribution in [0.15, 0.2) is 47.5 Å². The molecule has 0 saturated carbocycles. The largest absolute Gasteiger partial charge is 0.393 e. The Balaban J connectivity index is 1.31. The van der Waals surface area contributed by atoms with Crippen LogP contribution in [0.1, 0.15) is 49.7 Å². The Hall–Kier alpha value is -2.21. The highest BCUT2D eigenvalue weighted by atomic mass is 35.5. The van der Waals surface area contributed by atoms with Crippen molar-refractivity contribution in [2.75, 3.05) is 37.6 Å². The third kappa shape index (κ3) is 5.37. The SMILES string of the molecule is O=C(CN1CCC(O)CC1)[C@H]1CCCN(c2ccc(Cl)c(C3=Nc4ccccc4CCC3)c2)C1. The summed E-state index contributed by atoms with van der Waals surface area (Å²) in [5.41, 5.74) is 5.53. The lowest BCUT2D eigenvalue weighted by Gasteiger charge is -2.36. The highest BCUT2D eigenvalue weighted by Crippen LogP contribution is 2.32. The second-order valence-corrected chi connectivity index (χ2v) is 10.4. The Morgan fingerprint density at radius 3 is 2.71 bits per heavy atom. The van der Waals surface area contributed by atoms with E-state index >= 15 is 0 Å². The van der Waals surface area contributed by atoms with Gasteiger partial charge < -0.3 is 10.0 Å². The summed E-state index contributed by atoms with van der Waals surface area (Å²) in [6, 6.07) is 14.6. The number of hydrogen-bond donors (Lipinski definition) is 1. The first-order valence-corrected chi connectivity index (χ1v) is 13.1. The number of halogens is 1. The van der Waals surface area contributed by atoms with Gasteiger partial charge in [-0.3, -0.25) is 14.7 Å². The van der Waals surface area contributed by atoms with Gasteiger partial charge in [-0.1, -0.05) is 29.8 Å². The zero-order valence-corrected chi connectivity index (χ0v) is 20.5. The number of hydrogen-bond acceptors (Lipinski definition) is 5. The molecule has 5 nitrogen and oxygen atoms in total. The lowest BCUT2D eigenvalue weighted by Crippen LogP contribution is -2.44. The van der Waals surface area contributed by atoms with Crippen molar-refractivity contribution in [2.45, 2.75) is 51.0 Å². The van der Waals surface area contributed by atoms with Crippen molar-refractivity contribution in [3.05, 3.63) is 58.6 Å². The molecule has 1 atom stereocenters. The van der Waals surface area contributed by atoms with E-state index < -0.39 is 0 Å². The van der Waals surface area contributed by atoms with Crippen molar-refractivity contribution in [3.63, 3.8) is 0 Å². The number of aliphatic imine (C=N–C) groups is 1. The third-order valence-corrected chi connectivity index (χ3v) is 7.88. The number of Topliss-reactive ketones (excluding diaryl/α,β-unsaturated/α-hetero) is 1. The number of piperidine rings is 2. The maximum atomic E-state index is 13.1. The van der Waals surface area contributed by atoms with Gasteiger partial charge in [-0.25, -0.2) is 0 Å². The number of ketones is 1. The molecule has 2 aromatic carbocycles. The summed E-state index contributed by atoms with van der Waals surface area (Å²) in [5.74, 6) is 0.391. The van der Waals surface area contributed by atoms with Crippen LogP contribution in [0.25, 0.3) is 0 Å². The van der Waals surface area contributed by atoms with Crippen molar-refractivity contribution >= 4 is 34.5 Å². The fraction of sp³-hybridized carbons (Fsp3) is 0.500. The normalized spacial score (nSPS) is 22.1.